The van der Waals surface area contributed by atoms with Gasteiger partial charge in [-0.1, -0.05) is 11.6 Å². The first-order chi connectivity index (χ1) is 11.3. The number of amides is 1. The normalized spacial score (nSPS) is 16.4. The lowest BCUT2D eigenvalue weighted by atomic mass is 10.1. The maximum absolute atomic E-state index is 14.3. The summed E-state index contributed by atoms with van der Waals surface area (Å²) in [5, 5.41) is -0.0925. The van der Waals surface area contributed by atoms with Crippen molar-refractivity contribution in [2.45, 2.75) is 6.92 Å². The molecule has 0 saturated heterocycles. The lowest BCUT2D eigenvalue weighted by Crippen LogP contribution is -2.48. The Labute approximate surface area is 138 Å². The van der Waals surface area contributed by atoms with Crippen molar-refractivity contribution in [3.63, 3.8) is 0 Å². The Morgan fingerprint density at radius 2 is 1.92 bits per heavy atom. The topological polar surface area (TPSA) is 35.9 Å². The molecule has 2 aliphatic heterocycles. The van der Waals surface area contributed by atoms with Gasteiger partial charge in [0.25, 0.3) is 5.91 Å². The quantitative estimate of drug-likeness (QED) is 0.561. The van der Waals surface area contributed by atoms with E-state index in [1.54, 1.807) is 0 Å². The van der Waals surface area contributed by atoms with Crippen LogP contribution in [-0.2, 0) is 4.79 Å². The Balaban J connectivity index is 0.000000647. The van der Waals surface area contributed by atoms with Crippen molar-refractivity contribution in [2.24, 2.45) is 4.99 Å². The number of carbonyl (C=O) groups is 1. The molecule has 130 valence electrons. The molecule has 0 atom stereocenters. The molecule has 24 heavy (non-hydrogen) atoms. The second-order valence-corrected chi connectivity index (χ2v) is 5.11. The molecule has 0 fully saturated rings. The van der Waals surface area contributed by atoms with E-state index in [4.69, 9.17) is 11.6 Å². The van der Waals surface area contributed by atoms with Crippen molar-refractivity contribution < 1.29 is 26.7 Å². The number of nitrogens with zero attached hydrogens (tertiary/aromatic N) is 3. The second kappa shape index (κ2) is 7.16. The summed E-state index contributed by atoms with van der Waals surface area (Å²) in [4.78, 5) is 17.7. The fourth-order valence-electron chi connectivity index (χ4n) is 2.26. The fourth-order valence-corrected chi connectivity index (χ4v) is 2.44. The zero-order valence-electron chi connectivity index (χ0n) is 12.3. The Bertz CT molecular complexity index is 738. The van der Waals surface area contributed by atoms with Gasteiger partial charge in [0.2, 0.25) is 18.8 Å². The Morgan fingerprint density at radius 3 is 2.54 bits per heavy atom. The van der Waals surface area contributed by atoms with Gasteiger partial charge in [-0.25, -0.2) is 22.5 Å². The van der Waals surface area contributed by atoms with E-state index in [-0.39, 0.29) is 29.6 Å². The van der Waals surface area contributed by atoms with Crippen molar-refractivity contribution >= 4 is 29.2 Å². The van der Waals surface area contributed by atoms with Crippen molar-refractivity contribution in [3.05, 3.63) is 40.3 Å². The van der Waals surface area contributed by atoms with Gasteiger partial charge in [0, 0.05) is 17.1 Å². The monoisotopic (exact) mass is 367 g/mol. The average Bonchev–Trinajstić information content (AvgIpc) is 2.99. The minimum Gasteiger partial charge on any atom is -0.286 e. The van der Waals surface area contributed by atoms with Gasteiger partial charge in [-0.15, -0.1) is 0 Å². The number of benzene rings is 1. The predicted octanol–water partition coefficient (Wildman–Crippen LogP) is 3.64. The average molecular weight is 368 g/mol. The number of carbonyl (C=O) groups excluding carboxylic acids is 1. The van der Waals surface area contributed by atoms with Crippen LogP contribution in [0.1, 0.15) is 5.56 Å². The third-order valence-corrected chi connectivity index (χ3v) is 3.73. The molecule has 0 unspecified atom stereocenters. The molecule has 0 N–H and O–H groups in total. The zero-order valence-corrected chi connectivity index (χ0v) is 13.0. The molecule has 0 aromatic heterocycles. The summed E-state index contributed by atoms with van der Waals surface area (Å²) >= 11 is 5.70. The molecule has 1 aromatic rings. The summed E-state index contributed by atoms with van der Waals surface area (Å²) in [6.07, 6.45) is 0.674. The molecule has 1 amide bonds. The van der Waals surface area contributed by atoms with Gasteiger partial charge in [-0.2, -0.15) is 4.39 Å². The minimum absolute atomic E-state index is 0.000962. The standard InChI is InChI=1S/C13H9ClF3N3O.CH2F2/c1-6-7(14)4-8(15)12(11(6)17)20-10(21)5-9(16)19-3-2-18-13(19)20;2-1-3/h4-5H,2-3H2,1H3;1H2. The largest absolute Gasteiger partial charge is 0.286 e. The van der Waals surface area contributed by atoms with E-state index in [9.17, 15) is 26.7 Å². The van der Waals surface area contributed by atoms with Gasteiger partial charge in [0.1, 0.15) is 5.69 Å². The second-order valence-electron chi connectivity index (χ2n) is 4.70. The molecule has 0 radical (unpaired) electrons. The molecule has 2 heterocycles. The Hall–Kier alpha value is -2.16. The molecule has 0 aliphatic carbocycles. The summed E-state index contributed by atoms with van der Waals surface area (Å²) in [6, 6.07) is 0.914. The van der Waals surface area contributed by atoms with Crippen LogP contribution < -0.4 is 4.90 Å². The van der Waals surface area contributed by atoms with E-state index >= 15 is 0 Å². The highest BCUT2D eigenvalue weighted by Crippen LogP contribution is 2.34. The number of alkyl halides is 2. The van der Waals surface area contributed by atoms with Crippen LogP contribution in [0.5, 0.6) is 0 Å². The van der Waals surface area contributed by atoms with Gasteiger partial charge in [0.05, 0.1) is 12.6 Å². The first-order valence-corrected chi connectivity index (χ1v) is 7.00. The van der Waals surface area contributed by atoms with Gasteiger partial charge in [-0.3, -0.25) is 14.7 Å². The fraction of sp³-hybridized carbons (Fsp3) is 0.286. The van der Waals surface area contributed by atoms with E-state index in [0.717, 1.165) is 15.9 Å². The number of rotatable bonds is 1. The molecular formula is C14H11ClF5N3O. The molecule has 4 nitrogen and oxygen atoms in total. The molecular weight excluding hydrogens is 357 g/mol. The van der Waals surface area contributed by atoms with Crippen molar-refractivity contribution in [2.75, 3.05) is 24.9 Å². The number of guanidine groups is 1. The lowest BCUT2D eigenvalue weighted by Gasteiger charge is -2.31. The van der Waals surface area contributed by atoms with Crippen LogP contribution >= 0.6 is 11.6 Å². The molecule has 0 spiro atoms. The van der Waals surface area contributed by atoms with Crippen LogP contribution in [0.4, 0.5) is 27.6 Å². The first-order valence-electron chi connectivity index (χ1n) is 6.62. The number of hydrogen-bond acceptors (Lipinski definition) is 3. The van der Waals surface area contributed by atoms with E-state index in [1.807, 2.05) is 0 Å². The summed E-state index contributed by atoms with van der Waals surface area (Å²) in [7, 11) is 0. The summed E-state index contributed by atoms with van der Waals surface area (Å²) in [5.74, 6) is -3.80. The first kappa shape index (κ1) is 18.2. The molecule has 1 aromatic carbocycles. The molecule has 2 aliphatic rings. The zero-order chi connectivity index (χ0) is 18.0. The number of hydrogen-bond donors (Lipinski definition) is 0. The predicted molar refractivity (Wildman–Crippen MR) is 78.9 cm³/mol. The third-order valence-electron chi connectivity index (χ3n) is 3.34. The van der Waals surface area contributed by atoms with Crippen LogP contribution in [0.3, 0.4) is 0 Å². The molecule has 3 rings (SSSR count). The lowest BCUT2D eigenvalue weighted by molar-refractivity contribution is -0.113. The van der Waals surface area contributed by atoms with Crippen LogP contribution in [-0.4, -0.2) is 36.8 Å². The van der Waals surface area contributed by atoms with Crippen LogP contribution in [0.15, 0.2) is 23.1 Å². The van der Waals surface area contributed by atoms with Crippen LogP contribution in [0.2, 0.25) is 5.02 Å². The highest BCUT2D eigenvalue weighted by Gasteiger charge is 2.38. The molecule has 10 heteroatoms. The number of halogens is 6. The number of aliphatic imine (C=N–C) groups is 1. The van der Waals surface area contributed by atoms with Gasteiger partial charge >= 0.3 is 0 Å². The van der Waals surface area contributed by atoms with Crippen molar-refractivity contribution in [1.82, 2.24) is 4.90 Å². The molecule has 0 saturated carbocycles. The number of fused-ring (bicyclic) bond motifs is 1. The Kier molecular flexibility index (Phi) is 5.43. The van der Waals surface area contributed by atoms with E-state index in [0.29, 0.717) is 6.08 Å². The van der Waals surface area contributed by atoms with Crippen LogP contribution in [0, 0.1) is 18.6 Å². The van der Waals surface area contributed by atoms with Crippen molar-refractivity contribution in [3.8, 4) is 0 Å². The Morgan fingerprint density at radius 1 is 1.29 bits per heavy atom. The van der Waals surface area contributed by atoms with Gasteiger partial charge in [-0.05, 0) is 13.0 Å². The highest BCUT2D eigenvalue weighted by atomic mass is 35.5. The minimum atomic E-state index is -1.75. The molecule has 0 bridgehead atoms. The number of anilines is 1. The van der Waals surface area contributed by atoms with Gasteiger partial charge < -0.3 is 0 Å². The van der Waals surface area contributed by atoms with Crippen LogP contribution in [0.25, 0.3) is 0 Å². The van der Waals surface area contributed by atoms with Gasteiger partial charge in [0.15, 0.2) is 11.6 Å². The van der Waals surface area contributed by atoms with E-state index in [2.05, 4.69) is 4.99 Å². The maximum Gasteiger partial charge on any atom is 0.262 e. The smallest absolute Gasteiger partial charge is 0.262 e. The van der Waals surface area contributed by atoms with E-state index < -0.39 is 36.1 Å². The summed E-state index contributed by atoms with van der Waals surface area (Å²) in [5.41, 5.74) is -0.600. The van der Waals surface area contributed by atoms with E-state index in [1.165, 1.54) is 6.92 Å². The third kappa shape index (κ3) is 3.08. The SMILES string of the molecule is Cc1c(Cl)cc(F)c(N2C(=O)C=C(F)N3CCN=C32)c1F.FCF. The summed E-state index contributed by atoms with van der Waals surface area (Å²) in [6.45, 7) is 0.0487. The highest BCUT2D eigenvalue weighted by molar-refractivity contribution is 6.31. The maximum atomic E-state index is 14.3. The summed E-state index contributed by atoms with van der Waals surface area (Å²) < 4.78 is 61.3. The van der Waals surface area contributed by atoms with Crippen molar-refractivity contribution in [1.29, 1.82) is 0 Å².